The summed E-state index contributed by atoms with van der Waals surface area (Å²) < 4.78 is 7.60. The van der Waals surface area contributed by atoms with Crippen molar-refractivity contribution < 1.29 is 9.53 Å². The number of aryl methyl sites for hydroxylation is 1. The first-order valence-electron chi connectivity index (χ1n) is 9.17. The van der Waals surface area contributed by atoms with Crippen LogP contribution in [-0.2, 0) is 22.6 Å². The number of rotatable bonds is 6. The SMILES string of the molecule is COC1(C(=O)NCc2c(C)nn(Cc3ccccc3)c2C)CCNCC1.Cl. The minimum absolute atomic E-state index is 0. The molecular formula is C20H29ClN4O2. The van der Waals surface area contributed by atoms with Gasteiger partial charge in [0.1, 0.15) is 5.60 Å². The van der Waals surface area contributed by atoms with Gasteiger partial charge in [0.05, 0.1) is 12.2 Å². The summed E-state index contributed by atoms with van der Waals surface area (Å²) in [7, 11) is 1.62. The lowest BCUT2D eigenvalue weighted by atomic mass is 9.91. The Labute approximate surface area is 167 Å². The van der Waals surface area contributed by atoms with Gasteiger partial charge in [-0.2, -0.15) is 5.10 Å². The molecule has 2 aromatic rings. The second-order valence-electron chi connectivity index (χ2n) is 6.92. The number of aromatic nitrogens is 2. The largest absolute Gasteiger partial charge is 0.368 e. The number of halogens is 1. The quantitative estimate of drug-likeness (QED) is 0.791. The minimum atomic E-state index is -0.715. The molecule has 0 spiro atoms. The molecule has 2 N–H and O–H groups in total. The second-order valence-corrected chi connectivity index (χ2v) is 6.92. The molecule has 1 aromatic carbocycles. The summed E-state index contributed by atoms with van der Waals surface area (Å²) in [5.74, 6) is -0.0314. The van der Waals surface area contributed by atoms with Crippen molar-refractivity contribution in [2.45, 2.75) is 45.4 Å². The number of benzene rings is 1. The van der Waals surface area contributed by atoms with Gasteiger partial charge >= 0.3 is 0 Å². The highest BCUT2D eigenvalue weighted by molar-refractivity contribution is 5.85. The highest BCUT2D eigenvalue weighted by Crippen LogP contribution is 2.23. The third kappa shape index (κ3) is 4.69. The molecule has 3 rings (SSSR count). The average molecular weight is 393 g/mol. The lowest BCUT2D eigenvalue weighted by Gasteiger charge is -2.34. The molecule has 27 heavy (non-hydrogen) atoms. The van der Waals surface area contributed by atoms with E-state index in [1.165, 1.54) is 5.56 Å². The van der Waals surface area contributed by atoms with Gasteiger partial charge in [0.2, 0.25) is 0 Å². The van der Waals surface area contributed by atoms with Gasteiger partial charge in [-0.25, -0.2) is 0 Å². The van der Waals surface area contributed by atoms with Gasteiger partial charge in [-0.3, -0.25) is 9.48 Å². The summed E-state index contributed by atoms with van der Waals surface area (Å²) in [6.45, 7) is 6.86. The minimum Gasteiger partial charge on any atom is -0.368 e. The number of nitrogens with one attached hydrogen (secondary N) is 2. The Kier molecular flexibility index (Phi) is 7.41. The van der Waals surface area contributed by atoms with E-state index < -0.39 is 5.60 Å². The van der Waals surface area contributed by atoms with Crippen LogP contribution in [0.4, 0.5) is 0 Å². The van der Waals surface area contributed by atoms with E-state index >= 15 is 0 Å². The molecule has 1 aromatic heterocycles. The number of nitrogens with zero attached hydrogens (tertiary/aromatic N) is 2. The predicted molar refractivity (Wildman–Crippen MR) is 108 cm³/mol. The van der Waals surface area contributed by atoms with Crippen molar-refractivity contribution >= 4 is 18.3 Å². The zero-order valence-corrected chi connectivity index (χ0v) is 17.1. The summed E-state index contributed by atoms with van der Waals surface area (Å²) in [6, 6.07) is 10.3. The lowest BCUT2D eigenvalue weighted by molar-refractivity contribution is -0.146. The fraction of sp³-hybridized carbons (Fsp3) is 0.500. The van der Waals surface area contributed by atoms with E-state index in [0.29, 0.717) is 19.4 Å². The first kappa shape index (κ1) is 21.4. The van der Waals surface area contributed by atoms with E-state index in [-0.39, 0.29) is 18.3 Å². The number of hydrogen-bond acceptors (Lipinski definition) is 4. The molecule has 0 bridgehead atoms. The molecule has 0 aliphatic carbocycles. The van der Waals surface area contributed by atoms with E-state index in [4.69, 9.17) is 4.74 Å². The van der Waals surface area contributed by atoms with Crippen molar-refractivity contribution in [2.24, 2.45) is 0 Å². The normalized spacial score (nSPS) is 15.8. The van der Waals surface area contributed by atoms with Gasteiger partial charge in [-0.05, 0) is 45.3 Å². The Hall–Kier alpha value is -1.89. The van der Waals surface area contributed by atoms with Gasteiger partial charge in [0, 0.05) is 24.9 Å². The van der Waals surface area contributed by atoms with Crippen LogP contribution in [-0.4, -0.2) is 41.5 Å². The summed E-state index contributed by atoms with van der Waals surface area (Å²) >= 11 is 0. The molecule has 1 saturated heterocycles. The van der Waals surface area contributed by atoms with E-state index in [1.807, 2.05) is 29.8 Å². The van der Waals surface area contributed by atoms with Crippen LogP contribution in [0.5, 0.6) is 0 Å². The molecule has 7 heteroatoms. The highest BCUT2D eigenvalue weighted by Gasteiger charge is 2.39. The predicted octanol–water partition coefficient (Wildman–Crippen LogP) is 2.35. The maximum absolute atomic E-state index is 12.8. The zero-order chi connectivity index (χ0) is 18.6. The summed E-state index contributed by atoms with van der Waals surface area (Å²) in [4.78, 5) is 12.8. The van der Waals surface area contributed by atoms with E-state index in [0.717, 1.165) is 36.6 Å². The fourth-order valence-electron chi connectivity index (χ4n) is 3.58. The number of hydrogen-bond donors (Lipinski definition) is 2. The van der Waals surface area contributed by atoms with Gasteiger partial charge in [0.15, 0.2) is 0 Å². The van der Waals surface area contributed by atoms with E-state index in [1.54, 1.807) is 7.11 Å². The smallest absolute Gasteiger partial charge is 0.252 e. The van der Waals surface area contributed by atoms with Gasteiger partial charge in [-0.1, -0.05) is 30.3 Å². The van der Waals surface area contributed by atoms with Gasteiger partial charge < -0.3 is 15.4 Å². The molecule has 6 nitrogen and oxygen atoms in total. The van der Waals surface area contributed by atoms with E-state index in [2.05, 4.69) is 34.8 Å². The Morgan fingerprint density at radius 1 is 1.26 bits per heavy atom. The van der Waals surface area contributed by atoms with Crippen LogP contribution >= 0.6 is 12.4 Å². The molecule has 1 amide bonds. The molecule has 1 fully saturated rings. The van der Waals surface area contributed by atoms with Crippen molar-refractivity contribution in [3.63, 3.8) is 0 Å². The van der Waals surface area contributed by atoms with Crippen LogP contribution in [0.3, 0.4) is 0 Å². The van der Waals surface area contributed by atoms with Crippen LogP contribution in [0, 0.1) is 13.8 Å². The number of ether oxygens (including phenoxy) is 1. The van der Waals surface area contributed by atoms with Crippen molar-refractivity contribution in [3.8, 4) is 0 Å². The average Bonchev–Trinajstić information content (AvgIpc) is 2.94. The Morgan fingerprint density at radius 2 is 1.93 bits per heavy atom. The van der Waals surface area contributed by atoms with Crippen molar-refractivity contribution in [1.29, 1.82) is 0 Å². The lowest BCUT2D eigenvalue weighted by Crippen LogP contribution is -2.54. The molecule has 0 atom stereocenters. The van der Waals surface area contributed by atoms with Crippen LogP contribution in [0.15, 0.2) is 30.3 Å². The molecule has 0 saturated carbocycles. The maximum atomic E-state index is 12.8. The number of carbonyl (C=O) groups excluding carboxylic acids is 1. The third-order valence-electron chi connectivity index (χ3n) is 5.35. The molecule has 148 valence electrons. The van der Waals surface area contributed by atoms with Crippen LogP contribution in [0.1, 0.15) is 35.4 Å². The monoisotopic (exact) mass is 392 g/mol. The van der Waals surface area contributed by atoms with Crippen LogP contribution in [0.2, 0.25) is 0 Å². The number of piperidine rings is 1. The molecule has 2 heterocycles. The standard InChI is InChI=1S/C20H28N4O2.ClH/c1-15-18(13-22-19(25)20(26-3)9-11-21-12-10-20)16(2)24(23-15)14-17-7-5-4-6-8-17;/h4-8,21H,9-14H2,1-3H3,(H,22,25);1H. The molecular weight excluding hydrogens is 364 g/mol. The number of methoxy groups -OCH3 is 1. The molecule has 0 radical (unpaired) electrons. The second kappa shape index (κ2) is 9.35. The van der Waals surface area contributed by atoms with Crippen molar-refractivity contribution in [2.75, 3.05) is 20.2 Å². The molecule has 1 aliphatic heterocycles. The van der Waals surface area contributed by atoms with Gasteiger partial charge in [-0.15, -0.1) is 12.4 Å². The number of carbonyl (C=O) groups is 1. The van der Waals surface area contributed by atoms with E-state index in [9.17, 15) is 4.79 Å². The van der Waals surface area contributed by atoms with Crippen molar-refractivity contribution in [3.05, 3.63) is 52.8 Å². The number of amides is 1. The highest BCUT2D eigenvalue weighted by atomic mass is 35.5. The van der Waals surface area contributed by atoms with Crippen LogP contribution in [0.25, 0.3) is 0 Å². The zero-order valence-electron chi connectivity index (χ0n) is 16.2. The third-order valence-corrected chi connectivity index (χ3v) is 5.35. The Morgan fingerprint density at radius 3 is 2.56 bits per heavy atom. The first-order chi connectivity index (χ1) is 12.6. The molecule has 1 aliphatic rings. The summed E-state index contributed by atoms with van der Waals surface area (Å²) in [5.41, 5.74) is 3.61. The topological polar surface area (TPSA) is 68.2 Å². The van der Waals surface area contributed by atoms with Crippen molar-refractivity contribution in [1.82, 2.24) is 20.4 Å². The Bertz CT molecular complexity index is 755. The summed E-state index contributed by atoms with van der Waals surface area (Å²) in [6.07, 6.45) is 1.39. The molecule has 0 unspecified atom stereocenters. The Balaban J connectivity index is 0.00000261. The maximum Gasteiger partial charge on any atom is 0.252 e. The summed E-state index contributed by atoms with van der Waals surface area (Å²) in [5, 5.41) is 11.0. The van der Waals surface area contributed by atoms with Crippen LogP contribution < -0.4 is 10.6 Å². The first-order valence-corrected chi connectivity index (χ1v) is 9.17. The van der Waals surface area contributed by atoms with Gasteiger partial charge in [0.25, 0.3) is 5.91 Å². The fourth-order valence-corrected chi connectivity index (χ4v) is 3.58.